The van der Waals surface area contributed by atoms with Crippen LogP contribution in [0.15, 0.2) is 30.3 Å². The van der Waals surface area contributed by atoms with E-state index in [-0.39, 0.29) is 17.2 Å². The van der Waals surface area contributed by atoms with E-state index in [9.17, 15) is 18.0 Å². The number of amides is 1. The van der Waals surface area contributed by atoms with Crippen LogP contribution in [0.25, 0.3) is 5.69 Å². The first-order valence-corrected chi connectivity index (χ1v) is 10.3. The van der Waals surface area contributed by atoms with Gasteiger partial charge >= 0.3 is 5.97 Å². The minimum atomic E-state index is -3.11. The van der Waals surface area contributed by atoms with E-state index in [1.165, 1.54) is 11.7 Å². The minimum absolute atomic E-state index is 0.0157. The van der Waals surface area contributed by atoms with Crippen molar-refractivity contribution in [1.82, 2.24) is 20.3 Å². The second-order valence-electron chi connectivity index (χ2n) is 6.42. The van der Waals surface area contributed by atoms with Crippen LogP contribution in [0.1, 0.15) is 29.5 Å². The first-order valence-electron chi connectivity index (χ1n) is 8.46. The van der Waals surface area contributed by atoms with Crippen molar-refractivity contribution in [3.05, 3.63) is 41.7 Å². The van der Waals surface area contributed by atoms with Gasteiger partial charge in [0.05, 0.1) is 22.9 Å². The Kier molecular flexibility index (Phi) is 5.26. The van der Waals surface area contributed by atoms with E-state index in [4.69, 9.17) is 4.74 Å². The van der Waals surface area contributed by atoms with Gasteiger partial charge < -0.3 is 10.1 Å². The summed E-state index contributed by atoms with van der Waals surface area (Å²) < 4.78 is 28.1. The summed E-state index contributed by atoms with van der Waals surface area (Å²) in [5, 5.41) is 10.9. The molecule has 1 aliphatic rings. The SMILES string of the molecule is Cc1nn(-c2ccccc2)nc1C(=O)O[C@H](C)C(=O)N[C@@H]1CCS(=O)(=O)C1. The number of esters is 1. The van der Waals surface area contributed by atoms with Crippen LogP contribution in [0.4, 0.5) is 0 Å². The van der Waals surface area contributed by atoms with Crippen molar-refractivity contribution < 1.29 is 22.7 Å². The summed E-state index contributed by atoms with van der Waals surface area (Å²) in [6.07, 6.45) is -0.721. The molecule has 1 aromatic carbocycles. The second kappa shape index (κ2) is 7.47. The van der Waals surface area contributed by atoms with Gasteiger partial charge in [-0.25, -0.2) is 13.2 Å². The molecule has 10 heteroatoms. The van der Waals surface area contributed by atoms with Gasteiger partial charge in [0.15, 0.2) is 21.6 Å². The van der Waals surface area contributed by atoms with Gasteiger partial charge in [0, 0.05) is 6.04 Å². The van der Waals surface area contributed by atoms with Crippen molar-refractivity contribution >= 4 is 21.7 Å². The molecule has 1 aromatic heterocycles. The Morgan fingerprint density at radius 1 is 1.26 bits per heavy atom. The molecular weight excluding hydrogens is 372 g/mol. The quantitative estimate of drug-likeness (QED) is 0.732. The van der Waals surface area contributed by atoms with E-state index in [1.54, 1.807) is 19.1 Å². The predicted molar refractivity (Wildman–Crippen MR) is 96.2 cm³/mol. The topological polar surface area (TPSA) is 120 Å². The summed E-state index contributed by atoms with van der Waals surface area (Å²) in [5.74, 6) is -1.35. The molecule has 2 heterocycles. The average Bonchev–Trinajstić information content (AvgIpc) is 3.17. The molecule has 1 amide bonds. The summed E-state index contributed by atoms with van der Waals surface area (Å²) in [6, 6.07) is 8.62. The van der Waals surface area contributed by atoms with Gasteiger partial charge in [0.2, 0.25) is 0 Å². The van der Waals surface area contributed by atoms with Gasteiger partial charge in [0.1, 0.15) is 0 Å². The minimum Gasteiger partial charge on any atom is -0.448 e. The zero-order chi connectivity index (χ0) is 19.6. The smallest absolute Gasteiger partial charge is 0.361 e. The molecule has 1 saturated heterocycles. The zero-order valence-electron chi connectivity index (χ0n) is 15.0. The number of ether oxygens (including phenoxy) is 1. The Balaban J connectivity index is 1.63. The van der Waals surface area contributed by atoms with Crippen LogP contribution in [-0.4, -0.2) is 58.9 Å². The summed E-state index contributed by atoms with van der Waals surface area (Å²) in [7, 11) is -3.11. The van der Waals surface area contributed by atoms with Crippen LogP contribution < -0.4 is 5.32 Å². The Bertz CT molecular complexity index is 955. The number of aryl methyl sites for hydroxylation is 1. The molecule has 144 valence electrons. The van der Waals surface area contributed by atoms with Crippen molar-refractivity contribution in [1.29, 1.82) is 0 Å². The molecule has 0 saturated carbocycles. The average molecular weight is 392 g/mol. The molecule has 1 N–H and O–H groups in total. The number of sulfone groups is 1. The van der Waals surface area contributed by atoms with Crippen LogP contribution in [0.3, 0.4) is 0 Å². The van der Waals surface area contributed by atoms with E-state index in [0.717, 1.165) is 0 Å². The van der Waals surface area contributed by atoms with Crippen LogP contribution in [-0.2, 0) is 19.4 Å². The predicted octanol–water partition coefficient (Wildman–Crippen LogP) is 0.424. The fourth-order valence-corrected chi connectivity index (χ4v) is 4.41. The maximum absolute atomic E-state index is 12.4. The molecule has 1 fully saturated rings. The molecule has 0 radical (unpaired) electrons. The molecule has 9 nitrogen and oxygen atoms in total. The normalized spacial score (nSPS) is 19.4. The first kappa shape index (κ1) is 19.0. The molecule has 0 unspecified atom stereocenters. The van der Waals surface area contributed by atoms with Gasteiger partial charge in [-0.15, -0.1) is 5.10 Å². The van der Waals surface area contributed by atoms with E-state index in [0.29, 0.717) is 17.8 Å². The van der Waals surface area contributed by atoms with Crippen molar-refractivity contribution in [3.63, 3.8) is 0 Å². The highest BCUT2D eigenvalue weighted by Gasteiger charge is 2.31. The number of hydrogen-bond donors (Lipinski definition) is 1. The van der Waals surface area contributed by atoms with Gasteiger partial charge in [-0.3, -0.25) is 4.79 Å². The maximum atomic E-state index is 12.4. The lowest BCUT2D eigenvalue weighted by Crippen LogP contribution is -2.42. The molecular formula is C17H20N4O5S. The molecule has 3 rings (SSSR count). The number of rotatable bonds is 5. The van der Waals surface area contributed by atoms with Crippen molar-refractivity contribution in [2.75, 3.05) is 11.5 Å². The maximum Gasteiger partial charge on any atom is 0.361 e. The highest BCUT2D eigenvalue weighted by atomic mass is 32.2. The lowest BCUT2D eigenvalue weighted by atomic mass is 10.2. The zero-order valence-corrected chi connectivity index (χ0v) is 15.8. The molecule has 2 atom stereocenters. The highest BCUT2D eigenvalue weighted by molar-refractivity contribution is 7.91. The third-order valence-electron chi connectivity index (χ3n) is 4.19. The number of carbonyl (C=O) groups is 2. The lowest BCUT2D eigenvalue weighted by molar-refractivity contribution is -0.129. The van der Waals surface area contributed by atoms with Crippen LogP contribution >= 0.6 is 0 Å². The Labute approximate surface area is 156 Å². The molecule has 2 aromatic rings. The number of nitrogens with one attached hydrogen (secondary N) is 1. The summed E-state index contributed by atoms with van der Waals surface area (Å²) in [6.45, 7) is 3.05. The number of hydrogen-bond acceptors (Lipinski definition) is 7. The first-order chi connectivity index (χ1) is 12.7. The van der Waals surface area contributed by atoms with Crippen molar-refractivity contribution in [2.24, 2.45) is 0 Å². The number of nitrogens with zero attached hydrogens (tertiary/aromatic N) is 3. The van der Waals surface area contributed by atoms with Crippen LogP contribution in [0, 0.1) is 6.92 Å². The largest absolute Gasteiger partial charge is 0.448 e. The van der Waals surface area contributed by atoms with E-state index < -0.39 is 33.9 Å². The number of carbonyl (C=O) groups excluding carboxylic acids is 2. The fraction of sp³-hybridized carbons (Fsp3) is 0.412. The van der Waals surface area contributed by atoms with E-state index >= 15 is 0 Å². The lowest BCUT2D eigenvalue weighted by Gasteiger charge is -2.16. The molecule has 0 bridgehead atoms. The van der Waals surface area contributed by atoms with Gasteiger partial charge in [-0.2, -0.15) is 9.90 Å². The van der Waals surface area contributed by atoms with Crippen molar-refractivity contribution in [3.8, 4) is 5.69 Å². The number of benzene rings is 1. The molecule has 1 aliphatic heterocycles. The van der Waals surface area contributed by atoms with E-state index in [2.05, 4.69) is 15.5 Å². The summed E-state index contributed by atoms with van der Waals surface area (Å²) in [5.41, 5.74) is 1.08. The van der Waals surface area contributed by atoms with Gasteiger partial charge in [-0.05, 0) is 32.4 Å². The van der Waals surface area contributed by atoms with Crippen molar-refractivity contribution in [2.45, 2.75) is 32.4 Å². The second-order valence-corrected chi connectivity index (χ2v) is 8.64. The molecule has 27 heavy (non-hydrogen) atoms. The fourth-order valence-electron chi connectivity index (χ4n) is 2.74. The Hall–Kier alpha value is -2.75. The molecule has 0 spiro atoms. The number of aromatic nitrogens is 3. The Morgan fingerprint density at radius 2 is 1.96 bits per heavy atom. The summed E-state index contributed by atoms with van der Waals surface area (Å²) in [4.78, 5) is 25.8. The third kappa shape index (κ3) is 4.51. The van der Waals surface area contributed by atoms with E-state index in [1.807, 2.05) is 18.2 Å². The summed E-state index contributed by atoms with van der Waals surface area (Å²) >= 11 is 0. The third-order valence-corrected chi connectivity index (χ3v) is 5.96. The van der Waals surface area contributed by atoms with Crippen LogP contribution in [0.2, 0.25) is 0 Å². The molecule has 0 aliphatic carbocycles. The number of para-hydroxylation sites is 1. The van der Waals surface area contributed by atoms with Gasteiger partial charge in [-0.1, -0.05) is 18.2 Å². The monoisotopic (exact) mass is 392 g/mol. The Morgan fingerprint density at radius 3 is 2.59 bits per heavy atom. The standard InChI is InChI=1S/C17H20N4O5S/c1-11-15(20-21(19-11)14-6-4-3-5-7-14)17(23)26-12(2)16(22)18-13-8-9-27(24,25)10-13/h3-7,12-13H,8-10H2,1-2H3,(H,18,22)/t12-,13-/m1/s1. The van der Waals surface area contributed by atoms with Gasteiger partial charge in [0.25, 0.3) is 5.91 Å². The van der Waals surface area contributed by atoms with Crippen LogP contribution in [0.5, 0.6) is 0 Å². The highest BCUT2D eigenvalue weighted by Crippen LogP contribution is 2.13.